The molecule has 2 rings (SSSR count). The smallest absolute Gasteiger partial charge is 0.273 e. The van der Waals surface area contributed by atoms with Gasteiger partial charge < -0.3 is 4.42 Å². The maximum Gasteiger partial charge on any atom is 0.273 e. The maximum atomic E-state index is 11.9. The van der Waals surface area contributed by atoms with Gasteiger partial charge in [-0.3, -0.25) is 20.4 Å². The van der Waals surface area contributed by atoms with Crippen LogP contribution in [0.4, 0.5) is 0 Å². The quantitative estimate of drug-likeness (QED) is 0.822. The zero-order valence-corrected chi connectivity index (χ0v) is 11.6. The summed E-state index contributed by atoms with van der Waals surface area (Å²) >= 11 is 0. The predicted octanol–water partition coefficient (Wildman–Crippen LogP) is 1.84. The number of carbonyl (C=O) groups excluding carboxylic acids is 2. The largest absolute Gasteiger partial charge is 0.466 e. The molecule has 0 spiro atoms. The highest BCUT2D eigenvalue weighted by Crippen LogP contribution is 2.13. The summed E-state index contributed by atoms with van der Waals surface area (Å²) in [6.45, 7) is 3.41. The molecule has 1 heterocycles. The molecule has 0 radical (unpaired) electrons. The number of nitrogens with one attached hydrogen (secondary N) is 2. The van der Waals surface area contributed by atoms with Crippen molar-refractivity contribution < 1.29 is 14.0 Å². The van der Waals surface area contributed by atoms with Crippen molar-refractivity contribution in [3.05, 3.63) is 58.5 Å². The number of amides is 2. The van der Waals surface area contributed by atoms with Crippen LogP contribution in [0.15, 0.2) is 34.7 Å². The van der Waals surface area contributed by atoms with E-state index in [2.05, 4.69) is 10.9 Å². The number of hydrazine groups is 1. The van der Waals surface area contributed by atoms with Crippen molar-refractivity contribution in [1.29, 1.82) is 5.26 Å². The summed E-state index contributed by atoms with van der Waals surface area (Å²) in [4.78, 5) is 23.7. The highest BCUT2D eigenvalue weighted by atomic mass is 16.3. The summed E-state index contributed by atoms with van der Waals surface area (Å²) in [7, 11) is 0. The van der Waals surface area contributed by atoms with Gasteiger partial charge in [0.25, 0.3) is 11.8 Å². The minimum atomic E-state index is -0.467. The first-order chi connectivity index (χ1) is 10.0. The lowest BCUT2D eigenvalue weighted by Crippen LogP contribution is -2.41. The molecule has 0 bridgehead atoms. The Hall–Kier alpha value is -3.07. The van der Waals surface area contributed by atoms with E-state index in [1.165, 1.54) is 24.3 Å². The van der Waals surface area contributed by atoms with Crippen LogP contribution in [0.25, 0.3) is 0 Å². The molecule has 1 aromatic carbocycles. The second kappa shape index (κ2) is 5.92. The van der Waals surface area contributed by atoms with E-state index in [9.17, 15) is 9.59 Å². The van der Waals surface area contributed by atoms with Crippen LogP contribution in [0.1, 0.15) is 37.8 Å². The molecular weight excluding hydrogens is 270 g/mol. The molecule has 0 aliphatic rings. The lowest BCUT2D eigenvalue weighted by Gasteiger charge is -2.06. The van der Waals surface area contributed by atoms with Gasteiger partial charge in [-0.2, -0.15) is 5.26 Å². The topological polar surface area (TPSA) is 95.1 Å². The first kappa shape index (κ1) is 14.3. The number of nitrogens with zero attached hydrogens (tertiary/aromatic N) is 1. The van der Waals surface area contributed by atoms with Gasteiger partial charge in [0.15, 0.2) is 0 Å². The van der Waals surface area contributed by atoms with Crippen molar-refractivity contribution in [2.75, 3.05) is 0 Å². The Morgan fingerprint density at radius 2 is 1.71 bits per heavy atom. The van der Waals surface area contributed by atoms with Crippen LogP contribution in [0, 0.1) is 25.2 Å². The van der Waals surface area contributed by atoms with Gasteiger partial charge in [0, 0.05) is 5.56 Å². The third-order valence-corrected chi connectivity index (χ3v) is 2.85. The first-order valence-electron chi connectivity index (χ1n) is 6.19. The molecular formula is C15H13N3O3. The van der Waals surface area contributed by atoms with Crippen LogP contribution in [-0.2, 0) is 0 Å². The van der Waals surface area contributed by atoms with E-state index in [-0.39, 0.29) is 0 Å². The molecule has 0 saturated heterocycles. The van der Waals surface area contributed by atoms with Gasteiger partial charge in [0.05, 0.1) is 17.2 Å². The molecule has 0 aliphatic heterocycles. The normalized spacial score (nSPS) is 9.76. The SMILES string of the molecule is Cc1cc(C(=O)NNC(=O)c2ccc(C#N)cc2)c(C)o1. The zero-order chi connectivity index (χ0) is 15.4. The van der Waals surface area contributed by atoms with Gasteiger partial charge in [-0.25, -0.2) is 0 Å². The van der Waals surface area contributed by atoms with Crippen LogP contribution in [-0.4, -0.2) is 11.8 Å². The molecule has 106 valence electrons. The summed E-state index contributed by atoms with van der Waals surface area (Å²) < 4.78 is 5.25. The molecule has 2 aromatic rings. The van der Waals surface area contributed by atoms with Crippen molar-refractivity contribution in [2.45, 2.75) is 13.8 Å². The third-order valence-electron chi connectivity index (χ3n) is 2.85. The molecule has 0 atom stereocenters. The lowest BCUT2D eigenvalue weighted by atomic mass is 10.1. The predicted molar refractivity (Wildman–Crippen MR) is 74.3 cm³/mol. The maximum absolute atomic E-state index is 11.9. The second-order valence-electron chi connectivity index (χ2n) is 4.42. The van der Waals surface area contributed by atoms with Gasteiger partial charge >= 0.3 is 0 Å². The van der Waals surface area contributed by atoms with Crippen LogP contribution in [0.2, 0.25) is 0 Å². The van der Waals surface area contributed by atoms with Crippen molar-refractivity contribution >= 4 is 11.8 Å². The van der Waals surface area contributed by atoms with Crippen LogP contribution in [0.3, 0.4) is 0 Å². The molecule has 2 amide bonds. The lowest BCUT2D eigenvalue weighted by molar-refractivity contribution is 0.0845. The second-order valence-corrected chi connectivity index (χ2v) is 4.42. The molecule has 1 aromatic heterocycles. The van der Waals surface area contributed by atoms with Gasteiger partial charge in [0.2, 0.25) is 0 Å². The molecule has 6 nitrogen and oxygen atoms in total. The molecule has 0 aliphatic carbocycles. The molecule has 2 N–H and O–H groups in total. The Bertz CT molecular complexity index is 724. The fraction of sp³-hybridized carbons (Fsp3) is 0.133. The number of benzene rings is 1. The van der Waals surface area contributed by atoms with E-state index in [0.717, 1.165) is 0 Å². The van der Waals surface area contributed by atoms with Crippen molar-refractivity contribution in [3.8, 4) is 6.07 Å². The standard InChI is InChI=1S/C15H13N3O3/c1-9-7-13(10(2)21-9)15(20)18-17-14(19)12-5-3-11(8-16)4-6-12/h3-7H,1-2H3,(H,17,19)(H,18,20). The Labute approximate surface area is 121 Å². The van der Waals surface area contributed by atoms with E-state index in [4.69, 9.17) is 9.68 Å². The van der Waals surface area contributed by atoms with Crippen LogP contribution < -0.4 is 10.9 Å². The number of hydrogen-bond donors (Lipinski definition) is 2. The summed E-state index contributed by atoms with van der Waals surface area (Å²) in [6, 6.07) is 9.63. The minimum absolute atomic E-state index is 0.342. The van der Waals surface area contributed by atoms with E-state index in [1.807, 2.05) is 6.07 Å². The third kappa shape index (κ3) is 3.28. The molecule has 0 unspecified atom stereocenters. The number of hydrogen-bond acceptors (Lipinski definition) is 4. The summed E-state index contributed by atoms with van der Waals surface area (Å²) in [5, 5.41) is 8.68. The van der Waals surface area contributed by atoms with Crippen molar-refractivity contribution in [3.63, 3.8) is 0 Å². The number of carbonyl (C=O) groups is 2. The fourth-order valence-corrected chi connectivity index (χ4v) is 1.81. The summed E-state index contributed by atoms with van der Waals surface area (Å²) in [5.41, 5.74) is 5.79. The van der Waals surface area contributed by atoms with Crippen LogP contribution in [0.5, 0.6) is 0 Å². The number of furan rings is 1. The average molecular weight is 283 g/mol. The number of nitriles is 1. The van der Waals surface area contributed by atoms with E-state index >= 15 is 0 Å². The molecule has 0 fully saturated rings. The zero-order valence-electron chi connectivity index (χ0n) is 11.6. The number of rotatable bonds is 2. The Kier molecular flexibility index (Phi) is 4.05. The monoisotopic (exact) mass is 283 g/mol. The van der Waals surface area contributed by atoms with Gasteiger partial charge in [-0.15, -0.1) is 0 Å². The molecule has 6 heteroatoms. The summed E-state index contributed by atoms with van der Waals surface area (Å²) in [5.74, 6) is 0.186. The highest BCUT2D eigenvalue weighted by Gasteiger charge is 2.14. The van der Waals surface area contributed by atoms with Gasteiger partial charge in [-0.05, 0) is 44.2 Å². The Morgan fingerprint density at radius 3 is 2.24 bits per heavy atom. The first-order valence-corrected chi connectivity index (χ1v) is 6.19. The average Bonchev–Trinajstić information content (AvgIpc) is 2.83. The molecule has 21 heavy (non-hydrogen) atoms. The van der Waals surface area contributed by atoms with E-state index < -0.39 is 11.8 Å². The fourth-order valence-electron chi connectivity index (χ4n) is 1.81. The van der Waals surface area contributed by atoms with Crippen molar-refractivity contribution in [2.24, 2.45) is 0 Å². The minimum Gasteiger partial charge on any atom is -0.466 e. The van der Waals surface area contributed by atoms with E-state index in [0.29, 0.717) is 28.2 Å². The van der Waals surface area contributed by atoms with Gasteiger partial charge in [-0.1, -0.05) is 0 Å². The van der Waals surface area contributed by atoms with Crippen LogP contribution >= 0.6 is 0 Å². The molecule has 0 saturated carbocycles. The van der Waals surface area contributed by atoms with E-state index in [1.54, 1.807) is 19.9 Å². The van der Waals surface area contributed by atoms with Crippen molar-refractivity contribution in [1.82, 2.24) is 10.9 Å². The summed E-state index contributed by atoms with van der Waals surface area (Å²) in [6.07, 6.45) is 0. The number of aryl methyl sites for hydroxylation is 2. The highest BCUT2D eigenvalue weighted by molar-refractivity contribution is 5.99. The Morgan fingerprint density at radius 1 is 1.10 bits per heavy atom. The van der Waals surface area contributed by atoms with Gasteiger partial charge in [0.1, 0.15) is 11.5 Å². The Balaban J connectivity index is 1.99.